The summed E-state index contributed by atoms with van der Waals surface area (Å²) < 4.78 is 33.5. The summed E-state index contributed by atoms with van der Waals surface area (Å²) in [6.07, 6.45) is 1.02. The summed E-state index contributed by atoms with van der Waals surface area (Å²) in [6.45, 7) is 0.865. The van der Waals surface area contributed by atoms with Crippen LogP contribution in [-0.4, -0.2) is 39.4 Å². The minimum Gasteiger partial charge on any atom is -0.486 e. The lowest BCUT2D eigenvalue weighted by molar-refractivity contribution is 0.101. The lowest BCUT2D eigenvalue weighted by atomic mass is 10.1. The lowest BCUT2D eigenvalue weighted by Gasteiger charge is -2.19. The van der Waals surface area contributed by atoms with Gasteiger partial charge in [0.2, 0.25) is 0 Å². The van der Waals surface area contributed by atoms with Gasteiger partial charge in [0.05, 0.1) is 0 Å². The van der Waals surface area contributed by atoms with Gasteiger partial charge in [-0.15, -0.1) is 0 Å². The van der Waals surface area contributed by atoms with Crippen LogP contribution >= 0.6 is 15.9 Å². The van der Waals surface area contributed by atoms with E-state index in [1.165, 1.54) is 6.07 Å². The number of fused-ring (bicyclic) bond motifs is 1. The molecule has 98 valence electrons. The molecular weight excluding hydrogens is 324 g/mol. The smallest absolute Gasteiger partial charge is 0.179 e. The van der Waals surface area contributed by atoms with E-state index in [1.807, 2.05) is 0 Å². The largest absolute Gasteiger partial charge is 0.486 e. The maximum Gasteiger partial charge on any atom is 0.179 e. The van der Waals surface area contributed by atoms with Gasteiger partial charge in [-0.25, -0.2) is 8.42 Å². The predicted octanol–water partition coefficient (Wildman–Crippen LogP) is 1.45. The molecule has 0 bridgehead atoms. The summed E-state index contributed by atoms with van der Waals surface area (Å²) in [5, 5.41) is 0. The third kappa shape index (κ3) is 3.02. The number of rotatable bonds is 3. The fourth-order valence-corrected chi connectivity index (χ4v) is 2.77. The first-order chi connectivity index (χ1) is 8.37. The normalized spacial score (nSPS) is 14.3. The van der Waals surface area contributed by atoms with E-state index in [0.29, 0.717) is 29.2 Å². The van der Waals surface area contributed by atoms with Gasteiger partial charge in [0.25, 0.3) is 0 Å². The van der Waals surface area contributed by atoms with Gasteiger partial charge in [-0.05, 0) is 28.1 Å². The average molecular weight is 335 g/mol. The van der Waals surface area contributed by atoms with Crippen LogP contribution < -0.4 is 9.47 Å². The molecule has 0 aromatic heterocycles. The van der Waals surface area contributed by atoms with Gasteiger partial charge in [-0.2, -0.15) is 0 Å². The minimum absolute atomic E-state index is 0.282. The zero-order valence-electron chi connectivity index (χ0n) is 9.60. The molecule has 0 atom stereocenters. The third-order valence-electron chi connectivity index (χ3n) is 2.33. The molecule has 1 aliphatic rings. The van der Waals surface area contributed by atoms with Crippen LogP contribution in [0, 0.1) is 0 Å². The van der Waals surface area contributed by atoms with Crippen LogP contribution in [-0.2, 0) is 9.84 Å². The molecule has 0 unspecified atom stereocenters. The van der Waals surface area contributed by atoms with Gasteiger partial charge in [-0.1, -0.05) is 0 Å². The Labute approximate surface area is 113 Å². The lowest BCUT2D eigenvalue weighted by Crippen LogP contribution is -2.18. The Kier molecular flexibility index (Phi) is 3.63. The van der Waals surface area contributed by atoms with Crippen LogP contribution in [0.5, 0.6) is 11.5 Å². The molecule has 7 heteroatoms. The first-order valence-corrected chi connectivity index (χ1v) is 8.02. The van der Waals surface area contributed by atoms with Gasteiger partial charge in [0.15, 0.2) is 27.1 Å². The summed E-state index contributed by atoms with van der Waals surface area (Å²) in [5.74, 6) is 0.0114. The summed E-state index contributed by atoms with van der Waals surface area (Å²) in [5.41, 5.74) is 0.282. The van der Waals surface area contributed by atoms with Crippen molar-refractivity contribution >= 4 is 31.6 Å². The molecule has 18 heavy (non-hydrogen) atoms. The number of hydrogen-bond donors (Lipinski definition) is 0. The number of benzene rings is 1. The minimum atomic E-state index is -3.35. The molecule has 1 aromatic rings. The second-order valence-electron chi connectivity index (χ2n) is 3.97. The quantitative estimate of drug-likeness (QED) is 0.782. The number of Topliss-reactive ketones (excluding diaryl/α,β-unsaturated/α-hetero) is 1. The van der Waals surface area contributed by atoms with E-state index in [9.17, 15) is 13.2 Å². The zero-order chi connectivity index (χ0) is 13.3. The van der Waals surface area contributed by atoms with Crippen molar-refractivity contribution in [2.45, 2.75) is 0 Å². The number of carbonyl (C=O) groups excluding carboxylic acids is 1. The van der Waals surface area contributed by atoms with E-state index in [4.69, 9.17) is 9.47 Å². The maximum absolute atomic E-state index is 11.9. The molecule has 2 rings (SSSR count). The van der Waals surface area contributed by atoms with Gasteiger partial charge < -0.3 is 9.47 Å². The molecule has 0 spiro atoms. The first-order valence-electron chi connectivity index (χ1n) is 5.17. The summed E-state index contributed by atoms with van der Waals surface area (Å²) >= 11 is 3.23. The van der Waals surface area contributed by atoms with E-state index in [0.717, 1.165) is 6.26 Å². The van der Waals surface area contributed by atoms with Gasteiger partial charge >= 0.3 is 0 Å². The third-order valence-corrected chi connectivity index (χ3v) is 3.77. The highest BCUT2D eigenvalue weighted by Crippen LogP contribution is 2.35. The van der Waals surface area contributed by atoms with Crippen molar-refractivity contribution in [3.8, 4) is 11.5 Å². The maximum atomic E-state index is 11.9. The van der Waals surface area contributed by atoms with Crippen LogP contribution in [0.2, 0.25) is 0 Å². The topological polar surface area (TPSA) is 69.7 Å². The number of ketones is 1. The van der Waals surface area contributed by atoms with Crippen molar-refractivity contribution in [2.24, 2.45) is 0 Å². The molecular formula is C11H11BrO5S. The average Bonchev–Trinajstić information content (AvgIpc) is 2.25. The molecule has 5 nitrogen and oxygen atoms in total. The summed E-state index contributed by atoms with van der Waals surface area (Å²) in [4.78, 5) is 11.9. The number of carbonyl (C=O) groups is 1. The predicted molar refractivity (Wildman–Crippen MR) is 69.2 cm³/mol. The van der Waals surface area contributed by atoms with Gasteiger partial charge in [0.1, 0.15) is 19.0 Å². The monoisotopic (exact) mass is 334 g/mol. The van der Waals surface area contributed by atoms with Crippen LogP contribution in [0.25, 0.3) is 0 Å². The van der Waals surface area contributed by atoms with Gasteiger partial charge in [-0.3, -0.25) is 4.79 Å². The van der Waals surface area contributed by atoms with Gasteiger partial charge in [0, 0.05) is 16.3 Å². The fourth-order valence-electron chi connectivity index (χ4n) is 1.59. The molecule has 0 N–H and O–H groups in total. The van der Waals surface area contributed by atoms with Crippen LogP contribution in [0.3, 0.4) is 0 Å². The van der Waals surface area contributed by atoms with Crippen molar-refractivity contribution in [1.29, 1.82) is 0 Å². The van der Waals surface area contributed by atoms with Crippen molar-refractivity contribution < 1.29 is 22.7 Å². The highest BCUT2D eigenvalue weighted by atomic mass is 79.9. The Balaban J connectivity index is 2.36. The number of halogens is 1. The van der Waals surface area contributed by atoms with Crippen molar-refractivity contribution in [2.75, 3.05) is 25.2 Å². The Morgan fingerprint density at radius 3 is 2.39 bits per heavy atom. The van der Waals surface area contributed by atoms with Crippen molar-refractivity contribution in [3.63, 3.8) is 0 Å². The van der Waals surface area contributed by atoms with E-state index in [1.54, 1.807) is 6.07 Å². The molecule has 0 fully saturated rings. The Hall–Kier alpha value is -1.08. The molecule has 1 aromatic carbocycles. The standard InChI is InChI=1S/C11H11BrO5S/c1-18(14,15)6-9(13)7-4-10-11(5-8(7)12)17-3-2-16-10/h4-5H,2-3,6H2,1H3. The Morgan fingerprint density at radius 2 is 1.83 bits per heavy atom. The van der Waals surface area contributed by atoms with Crippen molar-refractivity contribution in [3.05, 3.63) is 22.2 Å². The van der Waals surface area contributed by atoms with Crippen LogP contribution in [0.1, 0.15) is 10.4 Å². The Bertz CT molecular complexity index is 594. The second kappa shape index (κ2) is 4.89. The highest BCUT2D eigenvalue weighted by Gasteiger charge is 2.21. The van der Waals surface area contributed by atoms with E-state index in [2.05, 4.69) is 15.9 Å². The van der Waals surface area contributed by atoms with E-state index in [-0.39, 0.29) is 5.56 Å². The SMILES string of the molecule is CS(=O)(=O)CC(=O)c1cc2c(cc1Br)OCCO2. The molecule has 0 amide bonds. The number of sulfone groups is 1. The Morgan fingerprint density at radius 1 is 1.28 bits per heavy atom. The fraction of sp³-hybridized carbons (Fsp3) is 0.364. The zero-order valence-corrected chi connectivity index (χ0v) is 12.0. The molecule has 0 saturated carbocycles. The molecule has 1 heterocycles. The van der Waals surface area contributed by atoms with E-state index >= 15 is 0 Å². The van der Waals surface area contributed by atoms with Crippen LogP contribution in [0.15, 0.2) is 16.6 Å². The molecule has 0 radical (unpaired) electrons. The summed E-state index contributed by atoms with van der Waals surface area (Å²) in [7, 11) is -3.35. The molecule has 1 aliphatic heterocycles. The number of hydrogen-bond acceptors (Lipinski definition) is 5. The van der Waals surface area contributed by atoms with Crippen LogP contribution in [0.4, 0.5) is 0 Å². The summed E-state index contributed by atoms with van der Waals surface area (Å²) in [6, 6.07) is 3.12. The second-order valence-corrected chi connectivity index (χ2v) is 6.96. The molecule has 0 aliphatic carbocycles. The number of ether oxygens (including phenoxy) is 2. The molecule has 0 saturated heterocycles. The highest BCUT2D eigenvalue weighted by molar-refractivity contribution is 9.10. The van der Waals surface area contributed by atoms with Crippen molar-refractivity contribution in [1.82, 2.24) is 0 Å². The first kappa shape index (κ1) is 13.4. The van der Waals surface area contributed by atoms with E-state index < -0.39 is 21.4 Å².